The molecule has 3 aromatic rings. The minimum atomic E-state index is -0.330. The first-order valence-electron chi connectivity index (χ1n) is 6.57. The molecule has 0 bridgehead atoms. The van der Waals surface area contributed by atoms with Crippen molar-refractivity contribution in [2.45, 2.75) is 19.2 Å². The number of fused-ring (bicyclic) bond motifs is 1. The Morgan fingerprint density at radius 1 is 1.24 bits per heavy atom. The third-order valence-corrected chi connectivity index (χ3v) is 4.26. The van der Waals surface area contributed by atoms with Crippen molar-refractivity contribution in [3.63, 3.8) is 0 Å². The molecular formula is C16H13BrClFN2. The van der Waals surface area contributed by atoms with Crippen LogP contribution in [0.1, 0.15) is 23.7 Å². The van der Waals surface area contributed by atoms with Crippen molar-refractivity contribution in [1.82, 2.24) is 9.55 Å². The van der Waals surface area contributed by atoms with Crippen LogP contribution in [0.15, 0.2) is 40.9 Å². The van der Waals surface area contributed by atoms with E-state index in [1.54, 1.807) is 10.6 Å². The van der Waals surface area contributed by atoms with E-state index in [4.69, 9.17) is 11.6 Å². The third-order valence-electron chi connectivity index (χ3n) is 3.43. The molecule has 0 amide bonds. The molecule has 0 aliphatic carbocycles. The van der Waals surface area contributed by atoms with Crippen LogP contribution in [-0.4, -0.2) is 9.55 Å². The molecule has 0 N–H and O–H groups in total. The Morgan fingerprint density at radius 3 is 2.62 bits per heavy atom. The molecule has 0 aliphatic heterocycles. The first kappa shape index (κ1) is 14.5. The number of hydrogen-bond donors (Lipinski definition) is 0. The Balaban J connectivity index is 2.46. The van der Waals surface area contributed by atoms with E-state index in [1.165, 1.54) is 6.07 Å². The molecule has 2 nitrogen and oxygen atoms in total. The monoisotopic (exact) mass is 366 g/mol. The lowest BCUT2D eigenvalue weighted by atomic mass is 10.2. The van der Waals surface area contributed by atoms with Gasteiger partial charge in [0.25, 0.3) is 0 Å². The number of alkyl halides is 1. The zero-order valence-corrected chi connectivity index (χ0v) is 13.9. The second-order valence-corrected chi connectivity index (χ2v) is 6.44. The van der Waals surface area contributed by atoms with Crippen LogP contribution in [-0.2, 0) is 0 Å². The van der Waals surface area contributed by atoms with Gasteiger partial charge in [-0.2, -0.15) is 0 Å². The molecule has 5 heteroatoms. The van der Waals surface area contributed by atoms with Crippen molar-refractivity contribution in [2.75, 3.05) is 0 Å². The third kappa shape index (κ3) is 2.36. The molecule has 0 aliphatic rings. The zero-order valence-electron chi connectivity index (χ0n) is 11.6. The van der Waals surface area contributed by atoms with Gasteiger partial charge in [0, 0.05) is 4.47 Å². The van der Waals surface area contributed by atoms with E-state index >= 15 is 0 Å². The molecule has 2 aromatic carbocycles. The summed E-state index contributed by atoms with van der Waals surface area (Å²) in [5.74, 6) is 0.315. The summed E-state index contributed by atoms with van der Waals surface area (Å²) in [6.07, 6.45) is 0. The van der Waals surface area contributed by atoms with Crippen molar-refractivity contribution in [2.24, 2.45) is 0 Å². The van der Waals surface area contributed by atoms with E-state index in [0.717, 1.165) is 16.6 Å². The molecule has 1 heterocycles. The summed E-state index contributed by atoms with van der Waals surface area (Å²) in [5.41, 5.74) is 3.17. The van der Waals surface area contributed by atoms with E-state index in [2.05, 4.69) is 20.9 Å². The van der Waals surface area contributed by atoms with Crippen molar-refractivity contribution >= 4 is 38.6 Å². The minimum Gasteiger partial charge on any atom is -0.291 e. The van der Waals surface area contributed by atoms with Crippen molar-refractivity contribution in [3.8, 4) is 5.69 Å². The van der Waals surface area contributed by atoms with Crippen LogP contribution in [0, 0.1) is 12.7 Å². The van der Waals surface area contributed by atoms with Crippen LogP contribution in [0.2, 0.25) is 0 Å². The molecule has 0 spiro atoms. The lowest BCUT2D eigenvalue weighted by molar-refractivity contribution is 0.615. The number of aryl methyl sites for hydroxylation is 1. The van der Waals surface area contributed by atoms with Crippen molar-refractivity contribution in [1.29, 1.82) is 0 Å². The molecule has 1 atom stereocenters. The van der Waals surface area contributed by atoms with Crippen LogP contribution in [0.3, 0.4) is 0 Å². The van der Waals surface area contributed by atoms with Gasteiger partial charge in [-0.25, -0.2) is 9.37 Å². The van der Waals surface area contributed by atoms with Crippen LogP contribution in [0.5, 0.6) is 0 Å². The number of rotatable bonds is 2. The topological polar surface area (TPSA) is 17.8 Å². The van der Waals surface area contributed by atoms with Gasteiger partial charge < -0.3 is 0 Å². The fourth-order valence-corrected chi connectivity index (χ4v) is 3.13. The summed E-state index contributed by atoms with van der Waals surface area (Å²) in [4.78, 5) is 4.61. The highest BCUT2D eigenvalue weighted by Gasteiger charge is 2.21. The van der Waals surface area contributed by atoms with E-state index in [9.17, 15) is 4.39 Å². The Morgan fingerprint density at radius 2 is 1.95 bits per heavy atom. The smallest absolute Gasteiger partial charge is 0.148 e. The normalized spacial score (nSPS) is 12.8. The van der Waals surface area contributed by atoms with Gasteiger partial charge in [-0.15, -0.1) is 11.6 Å². The number of aromatic nitrogens is 2. The van der Waals surface area contributed by atoms with E-state index < -0.39 is 0 Å². The largest absolute Gasteiger partial charge is 0.291 e. The summed E-state index contributed by atoms with van der Waals surface area (Å²) in [6, 6.07) is 10.8. The summed E-state index contributed by atoms with van der Waals surface area (Å²) >= 11 is 9.69. The molecule has 1 aromatic heterocycles. The highest BCUT2D eigenvalue weighted by atomic mass is 79.9. The summed E-state index contributed by atoms with van der Waals surface area (Å²) in [6.45, 7) is 3.82. The molecule has 3 rings (SSSR count). The number of imidazole rings is 1. The van der Waals surface area contributed by atoms with Gasteiger partial charge in [0.05, 0.1) is 22.1 Å². The highest BCUT2D eigenvalue weighted by molar-refractivity contribution is 9.10. The number of nitrogens with zero attached hydrogens (tertiary/aromatic N) is 2. The van der Waals surface area contributed by atoms with Gasteiger partial charge in [-0.1, -0.05) is 18.2 Å². The molecule has 0 fully saturated rings. The highest BCUT2D eigenvalue weighted by Crippen LogP contribution is 2.33. The Kier molecular flexibility index (Phi) is 3.76. The molecule has 108 valence electrons. The van der Waals surface area contributed by atoms with Gasteiger partial charge in [-0.05, 0) is 53.5 Å². The number of benzene rings is 2. The van der Waals surface area contributed by atoms with Crippen LogP contribution < -0.4 is 0 Å². The lowest BCUT2D eigenvalue weighted by Crippen LogP contribution is -2.05. The van der Waals surface area contributed by atoms with Crippen LogP contribution in [0.25, 0.3) is 16.7 Å². The Bertz CT molecular complexity index is 806. The van der Waals surface area contributed by atoms with E-state index in [1.807, 2.05) is 38.1 Å². The molecule has 21 heavy (non-hydrogen) atoms. The molecule has 1 unspecified atom stereocenters. The SMILES string of the molecule is Cc1cccc2c1nc(C(C)Cl)n2-c1c(F)cccc1Br. The molecule has 0 saturated carbocycles. The van der Waals surface area contributed by atoms with Crippen LogP contribution in [0.4, 0.5) is 4.39 Å². The molecular weight excluding hydrogens is 355 g/mol. The van der Waals surface area contributed by atoms with Gasteiger partial charge in [0.15, 0.2) is 0 Å². The summed E-state index contributed by atoms with van der Waals surface area (Å²) in [5, 5.41) is -0.330. The summed E-state index contributed by atoms with van der Waals surface area (Å²) < 4.78 is 16.8. The van der Waals surface area contributed by atoms with Crippen molar-refractivity contribution < 1.29 is 4.39 Å². The number of hydrogen-bond acceptors (Lipinski definition) is 1. The number of para-hydroxylation sites is 2. The van der Waals surface area contributed by atoms with Gasteiger partial charge in [0.1, 0.15) is 11.6 Å². The second-order valence-electron chi connectivity index (χ2n) is 4.93. The minimum absolute atomic E-state index is 0.316. The van der Waals surface area contributed by atoms with E-state index in [-0.39, 0.29) is 11.2 Å². The summed E-state index contributed by atoms with van der Waals surface area (Å²) in [7, 11) is 0. The van der Waals surface area contributed by atoms with Crippen molar-refractivity contribution in [3.05, 3.63) is 58.1 Å². The maximum absolute atomic E-state index is 14.4. The maximum atomic E-state index is 14.4. The van der Waals surface area contributed by atoms with Gasteiger partial charge >= 0.3 is 0 Å². The first-order chi connectivity index (χ1) is 10.0. The fraction of sp³-hybridized carbons (Fsp3) is 0.188. The Labute approximate surface area is 135 Å². The molecule has 0 saturated heterocycles. The average molecular weight is 368 g/mol. The van der Waals surface area contributed by atoms with Gasteiger partial charge in [0.2, 0.25) is 0 Å². The van der Waals surface area contributed by atoms with Crippen LogP contribution >= 0.6 is 27.5 Å². The number of halogens is 3. The standard InChI is InChI=1S/C16H13BrClFN2/c1-9-5-3-8-13-14(9)20-16(10(2)18)21(13)15-11(17)6-4-7-12(15)19/h3-8,10H,1-2H3. The first-order valence-corrected chi connectivity index (χ1v) is 7.80. The fourth-order valence-electron chi connectivity index (χ4n) is 2.46. The van der Waals surface area contributed by atoms with E-state index in [0.29, 0.717) is 16.0 Å². The second kappa shape index (κ2) is 5.43. The quantitative estimate of drug-likeness (QED) is 0.544. The molecule has 0 radical (unpaired) electrons. The lowest BCUT2D eigenvalue weighted by Gasteiger charge is -2.13. The maximum Gasteiger partial charge on any atom is 0.148 e. The predicted octanol–water partition coefficient (Wildman–Crippen LogP) is 5.54. The Hall–Kier alpha value is -1.39. The predicted molar refractivity (Wildman–Crippen MR) is 87.7 cm³/mol. The average Bonchev–Trinajstić information content (AvgIpc) is 2.80. The zero-order chi connectivity index (χ0) is 15.1. The van der Waals surface area contributed by atoms with Gasteiger partial charge in [-0.3, -0.25) is 4.57 Å².